The highest BCUT2D eigenvalue weighted by molar-refractivity contribution is 5.70. The predicted octanol–water partition coefficient (Wildman–Crippen LogP) is 1.11. The minimum Gasteiger partial charge on any atom is -0.569 e. The van der Waals surface area contributed by atoms with E-state index in [0.29, 0.717) is 6.42 Å². The van der Waals surface area contributed by atoms with Crippen molar-refractivity contribution in [3.05, 3.63) is 5.21 Å². The number of carbonyl (C=O) groups excluding carboxylic acids is 1. The van der Waals surface area contributed by atoms with Gasteiger partial charge < -0.3 is 24.6 Å². The number of nitrogens with zero attached hydrogens (tertiary/aromatic N) is 3. The van der Waals surface area contributed by atoms with Crippen molar-refractivity contribution in [2.75, 3.05) is 19.9 Å². The molecule has 0 aromatic heterocycles. The Morgan fingerprint density at radius 1 is 1.48 bits per heavy atom. The first-order valence-electron chi connectivity index (χ1n) is 6.32. The number of hydrazine groups is 1. The molecule has 0 saturated carbocycles. The minimum absolute atomic E-state index is 0.0542. The molecule has 0 aromatic rings. The van der Waals surface area contributed by atoms with Crippen molar-refractivity contribution in [3.63, 3.8) is 0 Å². The first-order chi connectivity index (χ1) is 9.69. The Morgan fingerprint density at radius 2 is 2.14 bits per heavy atom. The van der Waals surface area contributed by atoms with Gasteiger partial charge in [0, 0.05) is 0 Å². The molecule has 1 rings (SSSR count). The molecule has 0 spiro atoms. The van der Waals surface area contributed by atoms with Crippen LogP contribution in [-0.2, 0) is 19.1 Å². The second-order valence-electron chi connectivity index (χ2n) is 5.43. The van der Waals surface area contributed by atoms with Gasteiger partial charge in [-0.2, -0.15) is 0 Å². The fourth-order valence-corrected chi connectivity index (χ4v) is 1.58. The molecule has 0 bridgehead atoms. The highest BCUT2D eigenvalue weighted by Gasteiger charge is 2.32. The van der Waals surface area contributed by atoms with E-state index in [2.05, 4.69) is 14.9 Å². The van der Waals surface area contributed by atoms with E-state index in [0.717, 1.165) is 0 Å². The Bertz CT molecular complexity index is 419. The molecule has 1 aliphatic heterocycles. The highest BCUT2D eigenvalue weighted by atomic mass is 16.8. The van der Waals surface area contributed by atoms with Crippen molar-refractivity contribution < 1.29 is 34.0 Å². The topological polar surface area (TPSA) is 124 Å². The molecule has 1 atom stereocenters. The Kier molecular flexibility index (Phi) is 5.56. The van der Waals surface area contributed by atoms with Gasteiger partial charge in [0.15, 0.2) is 0 Å². The predicted molar refractivity (Wildman–Crippen MR) is 66.6 cm³/mol. The lowest BCUT2D eigenvalue weighted by Gasteiger charge is -2.18. The van der Waals surface area contributed by atoms with Gasteiger partial charge in [-0.05, 0) is 27.2 Å². The summed E-state index contributed by atoms with van der Waals surface area (Å²) in [5, 5.41) is 24.6. The maximum atomic E-state index is 11.5. The molecule has 0 amide bonds. The Balaban J connectivity index is 2.28. The summed E-state index contributed by atoms with van der Waals surface area (Å²) in [7, 11) is 0. The van der Waals surface area contributed by atoms with Gasteiger partial charge in [-0.25, -0.2) is 4.79 Å². The number of hydrogen-bond acceptors (Lipinski definition) is 7. The largest absolute Gasteiger partial charge is 0.569 e. The van der Waals surface area contributed by atoms with Gasteiger partial charge in [-0.3, -0.25) is 4.79 Å². The van der Waals surface area contributed by atoms with Crippen molar-refractivity contribution in [3.8, 4) is 0 Å². The quantitative estimate of drug-likeness (QED) is 0.200. The number of rotatable bonds is 5. The number of carboxylic acids is 1. The van der Waals surface area contributed by atoms with Crippen LogP contribution in [0.1, 0.15) is 27.2 Å². The van der Waals surface area contributed by atoms with Gasteiger partial charge in [0.1, 0.15) is 5.60 Å². The number of ether oxygens (including phenoxy) is 2. The first-order valence-corrected chi connectivity index (χ1v) is 6.32. The Hall–Kier alpha value is -2.26. The molecule has 0 aromatic carbocycles. The van der Waals surface area contributed by atoms with Crippen molar-refractivity contribution in [1.29, 1.82) is 0 Å². The second-order valence-corrected chi connectivity index (χ2v) is 5.43. The van der Waals surface area contributed by atoms with Crippen molar-refractivity contribution in [2.45, 2.75) is 32.8 Å². The van der Waals surface area contributed by atoms with Crippen LogP contribution >= 0.6 is 0 Å². The average Bonchev–Trinajstić information content (AvgIpc) is 2.81. The van der Waals surface area contributed by atoms with E-state index < -0.39 is 30.4 Å². The third-order valence-corrected chi connectivity index (χ3v) is 2.50. The number of carboxylic acid groups (broad SMARTS) is 1. The van der Waals surface area contributed by atoms with Gasteiger partial charge in [-0.1, -0.05) is 0 Å². The van der Waals surface area contributed by atoms with Gasteiger partial charge in [-0.15, -0.1) is 5.01 Å². The van der Waals surface area contributed by atoms with Crippen LogP contribution in [0.2, 0.25) is 0 Å². The summed E-state index contributed by atoms with van der Waals surface area (Å²) in [6.45, 7) is 4.75. The third-order valence-electron chi connectivity index (χ3n) is 2.50. The zero-order valence-corrected chi connectivity index (χ0v) is 12.1. The van der Waals surface area contributed by atoms with Crippen molar-refractivity contribution in [2.24, 2.45) is 11.2 Å². The zero-order valence-electron chi connectivity index (χ0n) is 12.1. The maximum absolute atomic E-state index is 11.5. The molecule has 1 unspecified atom stereocenters. The van der Waals surface area contributed by atoms with E-state index in [1.165, 1.54) is 5.01 Å². The van der Waals surface area contributed by atoms with E-state index in [4.69, 9.17) is 9.84 Å². The molecule has 1 N–H and O–H groups in total. The van der Waals surface area contributed by atoms with E-state index >= 15 is 0 Å². The van der Waals surface area contributed by atoms with E-state index in [-0.39, 0.29) is 18.1 Å². The van der Waals surface area contributed by atoms with Gasteiger partial charge >= 0.3 is 12.1 Å². The van der Waals surface area contributed by atoms with Crippen molar-refractivity contribution >= 4 is 12.1 Å². The third kappa shape index (κ3) is 6.15. The summed E-state index contributed by atoms with van der Waals surface area (Å²) >= 11 is 0. The Labute approximate surface area is 121 Å². The lowest BCUT2D eigenvalue weighted by Crippen LogP contribution is -2.30. The van der Waals surface area contributed by atoms with Gasteiger partial charge in [0.25, 0.3) is 6.79 Å². The highest BCUT2D eigenvalue weighted by Crippen LogP contribution is 2.16. The number of aliphatic carboxylic acids is 1. The van der Waals surface area contributed by atoms with E-state index in [1.807, 2.05) is 0 Å². The summed E-state index contributed by atoms with van der Waals surface area (Å²) in [5.74, 6) is -1.56. The van der Waals surface area contributed by atoms with E-state index in [9.17, 15) is 14.8 Å². The summed E-state index contributed by atoms with van der Waals surface area (Å²) in [6.07, 6.45) is -0.583. The lowest BCUT2D eigenvalue weighted by atomic mass is 10.1. The molecular formula is C11H19N3O7. The molecule has 1 heterocycles. The van der Waals surface area contributed by atoms with Crippen LogP contribution in [0.25, 0.3) is 0 Å². The average molecular weight is 305 g/mol. The monoisotopic (exact) mass is 305 g/mol. The molecule has 1 aliphatic rings. The van der Waals surface area contributed by atoms with Crippen LogP contribution in [-0.4, -0.2) is 52.7 Å². The standard InChI is InChI=1S/C11H19N3O7/c1-11(2,3)21-10(17)19-7-20-12-14(18)13-5-4-8(6-13)9(15)16/h8H,4-7H2,1-3H3,(H,15,16)/b14-12-. The van der Waals surface area contributed by atoms with Crippen LogP contribution in [0.4, 0.5) is 4.79 Å². The van der Waals surface area contributed by atoms with Crippen molar-refractivity contribution in [1.82, 2.24) is 5.01 Å². The van der Waals surface area contributed by atoms with Crippen LogP contribution < -0.4 is 0 Å². The summed E-state index contributed by atoms with van der Waals surface area (Å²) in [5.41, 5.74) is -0.694. The molecule has 0 aliphatic carbocycles. The molecular weight excluding hydrogens is 286 g/mol. The lowest BCUT2D eigenvalue weighted by molar-refractivity contribution is -0.708. The van der Waals surface area contributed by atoms with Gasteiger partial charge in [0.2, 0.25) is 5.28 Å². The fourth-order valence-electron chi connectivity index (χ4n) is 1.58. The molecule has 21 heavy (non-hydrogen) atoms. The summed E-state index contributed by atoms with van der Waals surface area (Å²) in [6, 6.07) is 0. The Morgan fingerprint density at radius 3 is 2.67 bits per heavy atom. The molecule has 1 fully saturated rings. The van der Waals surface area contributed by atoms with Gasteiger partial charge in [0.05, 0.1) is 24.0 Å². The smallest absolute Gasteiger partial charge is 0.511 e. The van der Waals surface area contributed by atoms with Crippen LogP contribution in [0.5, 0.6) is 0 Å². The van der Waals surface area contributed by atoms with Crippen LogP contribution in [0.3, 0.4) is 0 Å². The first kappa shape index (κ1) is 16.8. The molecule has 0 radical (unpaired) electrons. The SMILES string of the molecule is CC(C)(C)OC(=O)OCO/N=[N+](\[O-])N1CCC(C(=O)O)C1. The second kappa shape index (κ2) is 6.95. The number of carbonyl (C=O) groups is 2. The van der Waals surface area contributed by atoms with Crippen LogP contribution in [0, 0.1) is 11.1 Å². The molecule has 120 valence electrons. The zero-order chi connectivity index (χ0) is 16.0. The minimum atomic E-state index is -0.958. The maximum Gasteiger partial charge on any atom is 0.511 e. The molecule has 10 nitrogen and oxygen atoms in total. The fraction of sp³-hybridized carbons (Fsp3) is 0.818. The summed E-state index contributed by atoms with van der Waals surface area (Å²) < 4.78 is 9.37. The van der Waals surface area contributed by atoms with Crippen LogP contribution in [0.15, 0.2) is 5.28 Å². The summed E-state index contributed by atoms with van der Waals surface area (Å²) in [4.78, 5) is 26.5. The molecule has 10 heteroatoms. The van der Waals surface area contributed by atoms with E-state index in [1.54, 1.807) is 20.8 Å². The molecule has 1 saturated heterocycles. The normalized spacial score (nSPS) is 19.3. The number of hydrogen-bond donors (Lipinski definition) is 1.